The molecule has 1 aliphatic rings. The zero-order chi connectivity index (χ0) is 26.7. The largest absolute Gasteiger partial charge is 0.507 e. The number of rotatable bonds is 8. The molecule has 1 atom stereocenters. The molecule has 8 nitrogen and oxygen atoms in total. The molecule has 1 unspecified atom stereocenters. The van der Waals surface area contributed by atoms with Crippen LogP contribution in [0.2, 0.25) is 0 Å². The lowest BCUT2D eigenvalue weighted by Gasteiger charge is -2.26. The van der Waals surface area contributed by atoms with Gasteiger partial charge in [-0.1, -0.05) is 29.8 Å². The summed E-state index contributed by atoms with van der Waals surface area (Å²) >= 11 is 0. The number of methoxy groups -OCH3 is 4. The fourth-order valence-corrected chi connectivity index (χ4v) is 4.53. The van der Waals surface area contributed by atoms with E-state index in [4.69, 9.17) is 18.9 Å². The van der Waals surface area contributed by atoms with E-state index in [9.17, 15) is 14.7 Å². The molecule has 0 radical (unpaired) electrons. The molecule has 1 N–H and O–H groups in total. The molecule has 192 valence electrons. The van der Waals surface area contributed by atoms with Crippen molar-refractivity contribution in [2.75, 3.05) is 28.4 Å². The summed E-state index contributed by atoms with van der Waals surface area (Å²) in [6, 6.07) is 16.8. The number of amides is 1. The molecule has 8 heteroatoms. The number of ketones is 1. The number of carbonyl (C=O) groups excluding carboxylic acids is 2. The summed E-state index contributed by atoms with van der Waals surface area (Å²) in [5.41, 5.74) is 2.51. The van der Waals surface area contributed by atoms with E-state index in [-0.39, 0.29) is 17.9 Å². The van der Waals surface area contributed by atoms with Crippen molar-refractivity contribution in [1.29, 1.82) is 0 Å². The van der Waals surface area contributed by atoms with Gasteiger partial charge >= 0.3 is 0 Å². The summed E-state index contributed by atoms with van der Waals surface area (Å²) in [6.07, 6.45) is 0. The second-order valence-corrected chi connectivity index (χ2v) is 8.60. The van der Waals surface area contributed by atoms with Gasteiger partial charge in [0, 0.05) is 6.54 Å². The molecule has 1 fully saturated rings. The molecule has 0 aliphatic carbocycles. The minimum Gasteiger partial charge on any atom is -0.507 e. The first-order valence-electron chi connectivity index (χ1n) is 11.6. The van der Waals surface area contributed by atoms with Crippen molar-refractivity contribution in [1.82, 2.24) is 4.90 Å². The molecular formula is C29H29NO7. The van der Waals surface area contributed by atoms with E-state index < -0.39 is 17.7 Å². The number of nitrogens with zero attached hydrogens (tertiary/aromatic N) is 1. The lowest BCUT2D eigenvalue weighted by Crippen LogP contribution is -2.29. The Morgan fingerprint density at radius 2 is 1.54 bits per heavy atom. The number of aliphatic hydroxyl groups is 1. The van der Waals surface area contributed by atoms with Crippen LogP contribution in [-0.4, -0.2) is 50.1 Å². The van der Waals surface area contributed by atoms with E-state index in [1.165, 1.54) is 26.2 Å². The molecule has 0 spiro atoms. The molecule has 0 bridgehead atoms. The number of carbonyl (C=O) groups is 2. The third-order valence-electron chi connectivity index (χ3n) is 6.36. The second kappa shape index (κ2) is 10.7. The summed E-state index contributed by atoms with van der Waals surface area (Å²) in [5.74, 6) is 0.177. The Kier molecular flexibility index (Phi) is 7.38. The highest BCUT2D eigenvalue weighted by atomic mass is 16.5. The maximum absolute atomic E-state index is 13.4. The Labute approximate surface area is 215 Å². The normalized spacial score (nSPS) is 16.6. The van der Waals surface area contributed by atoms with E-state index >= 15 is 0 Å². The van der Waals surface area contributed by atoms with Gasteiger partial charge in [-0.15, -0.1) is 0 Å². The van der Waals surface area contributed by atoms with Gasteiger partial charge in [0.1, 0.15) is 17.3 Å². The highest BCUT2D eigenvalue weighted by Crippen LogP contribution is 2.43. The van der Waals surface area contributed by atoms with Crippen molar-refractivity contribution in [2.24, 2.45) is 0 Å². The van der Waals surface area contributed by atoms with Crippen LogP contribution in [0.4, 0.5) is 0 Å². The Morgan fingerprint density at radius 1 is 0.838 bits per heavy atom. The highest BCUT2D eigenvalue weighted by Gasteiger charge is 2.46. The van der Waals surface area contributed by atoms with Gasteiger partial charge in [0.15, 0.2) is 11.5 Å². The maximum Gasteiger partial charge on any atom is 0.295 e. The number of ether oxygens (including phenoxy) is 4. The first-order valence-corrected chi connectivity index (χ1v) is 11.6. The number of aryl methyl sites for hydroxylation is 1. The zero-order valence-corrected chi connectivity index (χ0v) is 21.4. The van der Waals surface area contributed by atoms with Crippen molar-refractivity contribution in [3.63, 3.8) is 0 Å². The number of hydrogen-bond donors (Lipinski definition) is 1. The SMILES string of the molecule is COc1cccc(C2/C(=C(\O)c3cc(C)ccc3OC)C(=O)C(=O)N2Cc2ccc(OC)c(OC)c2)c1. The van der Waals surface area contributed by atoms with Crippen molar-refractivity contribution >= 4 is 17.4 Å². The van der Waals surface area contributed by atoms with Gasteiger partial charge in [-0.3, -0.25) is 9.59 Å². The first kappa shape index (κ1) is 25.6. The van der Waals surface area contributed by atoms with Gasteiger partial charge in [0.25, 0.3) is 11.7 Å². The molecule has 0 aromatic heterocycles. The zero-order valence-electron chi connectivity index (χ0n) is 21.4. The third kappa shape index (κ3) is 4.82. The van der Waals surface area contributed by atoms with Crippen molar-refractivity contribution in [3.8, 4) is 23.0 Å². The topological polar surface area (TPSA) is 94.5 Å². The Morgan fingerprint density at radius 3 is 2.22 bits per heavy atom. The summed E-state index contributed by atoms with van der Waals surface area (Å²) in [4.78, 5) is 28.3. The highest BCUT2D eigenvalue weighted by molar-refractivity contribution is 6.46. The van der Waals surface area contributed by atoms with Crippen molar-refractivity contribution in [2.45, 2.75) is 19.5 Å². The van der Waals surface area contributed by atoms with Crippen LogP contribution in [0, 0.1) is 6.92 Å². The van der Waals surface area contributed by atoms with Crippen LogP contribution in [0.25, 0.3) is 5.76 Å². The average molecular weight is 504 g/mol. The van der Waals surface area contributed by atoms with Crippen LogP contribution in [-0.2, 0) is 16.1 Å². The van der Waals surface area contributed by atoms with Gasteiger partial charge in [0.05, 0.1) is 45.6 Å². The molecule has 4 rings (SSSR count). The fourth-order valence-electron chi connectivity index (χ4n) is 4.53. The van der Waals surface area contributed by atoms with Crippen molar-refractivity contribution in [3.05, 3.63) is 88.5 Å². The second-order valence-electron chi connectivity index (χ2n) is 8.60. The van der Waals surface area contributed by atoms with Crippen LogP contribution in [0.3, 0.4) is 0 Å². The quantitative estimate of drug-likeness (QED) is 0.272. The minimum atomic E-state index is -0.867. The summed E-state index contributed by atoms with van der Waals surface area (Å²) in [7, 11) is 6.09. The molecule has 3 aromatic rings. The molecule has 1 heterocycles. The van der Waals surface area contributed by atoms with E-state index in [0.717, 1.165) is 11.1 Å². The van der Waals surface area contributed by atoms with Crippen LogP contribution in [0.1, 0.15) is 28.3 Å². The number of likely N-dealkylation sites (tertiary alicyclic amines) is 1. The molecular weight excluding hydrogens is 474 g/mol. The third-order valence-corrected chi connectivity index (χ3v) is 6.36. The van der Waals surface area contributed by atoms with E-state index in [1.807, 2.05) is 13.0 Å². The first-order chi connectivity index (χ1) is 17.8. The fraction of sp³-hybridized carbons (Fsp3) is 0.241. The smallest absolute Gasteiger partial charge is 0.295 e. The van der Waals surface area contributed by atoms with Crippen LogP contribution < -0.4 is 18.9 Å². The average Bonchev–Trinajstić information content (AvgIpc) is 3.17. The van der Waals surface area contributed by atoms with Gasteiger partial charge in [-0.2, -0.15) is 0 Å². The molecule has 1 amide bonds. The number of Topliss-reactive ketones (excluding diaryl/α,β-unsaturated/α-hetero) is 1. The molecule has 37 heavy (non-hydrogen) atoms. The maximum atomic E-state index is 13.4. The number of aliphatic hydroxyl groups excluding tert-OH is 1. The van der Waals surface area contributed by atoms with Crippen LogP contribution in [0.15, 0.2) is 66.2 Å². The number of benzene rings is 3. The monoisotopic (exact) mass is 503 g/mol. The minimum absolute atomic E-state index is 0.0253. The molecule has 3 aromatic carbocycles. The Bertz CT molecular complexity index is 1380. The molecule has 0 saturated carbocycles. The Balaban J connectivity index is 1.90. The van der Waals surface area contributed by atoms with Gasteiger partial charge < -0.3 is 29.0 Å². The summed E-state index contributed by atoms with van der Waals surface area (Å²) < 4.78 is 21.6. The van der Waals surface area contributed by atoms with Gasteiger partial charge in [-0.25, -0.2) is 0 Å². The van der Waals surface area contributed by atoms with E-state index in [1.54, 1.807) is 61.7 Å². The molecule has 1 aliphatic heterocycles. The lowest BCUT2D eigenvalue weighted by molar-refractivity contribution is -0.140. The predicted octanol–water partition coefficient (Wildman–Crippen LogP) is 4.65. The van der Waals surface area contributed by atoms with Crippen LogP contribution >= 0.6 is 0 Å². The summed E-state index contributed by atoms with van der Waals surface area (Å²) in [5, 5.41) is 11.5. The van der Waals surface area contributed by atoms with E-state index in [2.05, 4.69) is 0 Å². The van der Waals surface area contributed by atoms with Crippen LogP contribution in [0.5, 0.6) is 23.0 Å². The van der Waals surface area contributed by atoms with Gasteiger partial charge in [0.2, 0.25) is 0 Å². The van der Waals surface area contributed by atoms with E-state index in [0.29, 0.717) is 34.1 Å². The molecule has 1 saturated heterocycles. The number of hydrogen-bond acceptors (Lipinski definition) is 7. The standard InChI is InChI=1S/C29H29NO7/c1-17-9-11-22(35-3)21(13-17)27(31)25-26(19-7-6-8-20(15-19)34-2)30(29(33)28(25)32)16-18-10-12-23(36-4)24(14-18)37-5/h6-15,26,31H,16H2,1-5H3/b27-25+. The lowest BCUT2D eigenvalue weighted by atomic mass is 9.94. The van der Waals surface area contributed by atoms with Crippen molar-refractivity contribution < 1.29 is 33.6 Å². The predicted molar refractivity (Wildman–Crippen MR) is 138 cm³/mol. The van der Waals surface area contributed by atoms with Gasteiger partial charge in [-0.05, 0) is 54.4 Å². The summed E-state index contributed by atoms with van der Waals surface area (Å²) in [6.45, 7) is 1.96. The Hall–Kier alpha value is -4.46.